The Labute approximate surface area is 72.3 Å². The third-order valence-electron chi connectivity index (χ3n) is 3.67. The van der Waals surface area contributed by atoms with Gasteiger partial charge in [-0.25, -0.2) is 0 Å². The molecule has 2 heteroatoms. The van der Waals surface area contributed by atoms with Gasteiger partial charge >= 0.3 is 0 Å². The van der Waals surface area contributed by atoms with Crippen LogP contribution in [-0.2, 0) is 0 Å². The fraction of sp³-hybridized carbons (Fsp3) is 1.00. The van der Waals surface area contributed by atoms with Gasteiger partial charge in [0.25, 0.3) is 0 Å². The summed E-state index contributed by atoms with van der Waals surface area (Å²) in [6, 6.07) is 0.875. The van der Waals surface area contributed by atoms with Gasteiger partial charge in [0, 0.05) is 11.3 Å². The Morgan fingerprint density at radius 3 is 2.91 bits per heavy atom. The number of fused-ring (bicyclic) bond motifs is 2. The molecule has 1 saturated carbocycles. The summed E-state index contributed by atoms with van der Waals surface area (Å²) in [6.45, 7) is 4.84. The van der Waals surface area contributed by atoms with Crippen molar-refractivity contribution in [3.8, 4) is 0 Å². The van der Waals surface area contributed by atoms with E-state index in [1.165, 1.54) is 6.42 Å². The standard InChI is InChI=1S/C9H15NS/c1-4-6-3-7(6)5(2)11-9-8(4)10-9/h4-10H,3H2,1-2H3. The van der Waals surface area contributed by atoms with E-state index < -0.39 is 0 Å². The lowest BCUT2D eigenvalue weighted by Crippen LogP contribution is -2.10. The van der Waals surface area contributed by atoms with E-state index in [0.717, 1.165) is 34.4 Å². The van der Waals surface area contributed by atoms with Gasteiger partial charge in [0.2, 0.25) is 0 Å². The Bertz CT molecular complexity index is 194. The second-order valence-corrected chi connectivity index (χ2v) is 5.90. The molecule has 3 rings (SSSR count). The third kappa shape index (κ3) is 0.888. The minimum absolute atomic E-state index is 0.827. The molecule has 6 atom stereocenters. The topological polar surface area (TPSA) is 21.9 Å². The van der Waals surface area contributed by atoms with Gasteiger partial charge in [0.1, 0.15) is 0 Å². The summed E-state index contributed by atoms with van der Waals surface area (Å²) in [5, 5.41) is 5.32. The Morgan fingerprint density at radius 2 is 2.09 bits per heavy atom. The molecule has 11 heavy (non-hydrogen) atoms. The predicted molar refractivity (Wildman–Crippen MR) is 48.5 cm³/mol. The second kappa shape index (κ2) is 1.97. The van der Waals surface area contributed by atoms with Gasteiger partial charge < -0.3 is 0 Å². The van der Waals surface area contributed by atoms with Gasteiger partial charge in [-0.1, -0.05) is 13.8 Å². The van der Waals surface area contributed by atoms with E-state index in [4.69, 9.17) is 0 Å². The molecule has 0 aromatic rings. The summed E-state index contributed by atoms with van der Waals surface area (Å²) >= 11 is 2.18. The summed E-state index contributed by atoms with van der Waals surface area (Å²) in [5.74, 6) is 3.11. The molecule has 1 N–H and O–H groups in total. The average Bonchev–Trinajstić information content (AvgIpc) is 2.78. The number of rotatable bonds is 0. The molecule has 62 valence electrons. The molecule has 1 nitrogen and oxygen atoms in total. The smallest absolute Gasteiger partial charge is 0.0696 e. The number of nitrogens with one attached hydrogen (secondary N) is 1. The highest BCUT2D eigenvalue weighted by atomic mass is 32.2. The maximum absolute atomic E-state index is 3.57. The van der Waals surface area contributed by atoms with E-state index in [9.17, 15) is 0 Å². The molecule has 0 spiro atoms. The molecular formula is C9H15NS. The van der Waals surface area contributed by atoms with Gasteiger partial charge in [-0.05, 0) is 24.2 Å². The number of hydrogen-bond donors (Lipinski definition) is 1. The molecule has 2 saturated heterocycles. The molecule has 3 aliphatic rings. The Morgan fingerprint density at radius 1 is 1.27 bits per heavy atom. The SMILES string of the molecule is CC1SC2NC2C(C)C2CC12. The Kier molecular flexibility index (Phi) is 1.21. The summed E-state index contributed by atoms with van der Waals surface area (Å²) in [5.41, 5.74) is 0. The van der Waals surface area contributed by atoms with Crippen molar-refractivity contribution in [2.75, 3.05) is 0 Å². The van der Waals surface area contributed by atoms with Crippen molar-refractivity contribution < 1.29 is 0 Å². The van der Waals surface area contributed by atoms with Crippen molar-refractivity contribution >= 4 is 11.8 Å². The van der Waals surface area contributed by atoms with Crippen molar-refractivity contribution in [3.05, 3.63) is 0 Å². The first kappa shape index (κ1) is 6.79. The molecule has 0 radical (unpaired) electrons. The monoisotopic (exact) mass is 169 g/mol. The lowest BCUT2D eigenvalue weighted by Gasteiger charge is -2.07. The summed E-state index contributed by atoms with van der Waals surface area (Å²) < 4.78 is 0. The molecule has 0 aromatic carbocycles. The fourth-order valence-corrected chi connectivity index (χ4v) is 4.29. The molecule has 3 fully saturated rings. The van der Waals surface area contributed by atoms with Crippen LogP contribution in [0.1, 0.15) is 20.3 Å². The molecular weight excluding hydrogens is 154 g/mol. The molecule has 0 amide bonds. The highest BCUT2D eigenvalue weighted by Gasteiger charge is 2.56. The van der Waals surface area contributed by atoms with Crippen LogP contribution in [0, 0.1) is 17.8 Å². The third-order valence-corrected chi connectivity index (χ3v) is 5.17. The van der Waals surface area contributed by atoms with E-state index in [2.05, 4.69) is 30.9 Å². The zero-order valence-corrected chi connectivity index (χ0v) is 7.90. The van der Waals surface area contributed by atoms with Crippen LogP contribution < -0.4 is 5.32 Å². The van der Waals surface area contributed by atoms with Gasteiger partial charge in [-0.2, -0.15) is 0 Å². The fourth-order valence-electron chi connectivity index (χ4n) is 2.66. The average molecular weight is 169 g/mol. The van der Waals surface area contributed by atoms with Crippen LogP contribution in [0.15, 0.2) is 0 Å². The Hall–Kier alpha value is 0.310. The van der Waals surface area contributed by atoms with Crippen LogP contribution in [0.2, 0.25) is 0 Å². The van der Waals surface area contributed by atoms with Gasteiger partial charge in [0.05, 0.1) is 5.37 Å². The zero-order valence-electron chi connectivity index (χ0n) is 7.08. The summed E-state index contributed by atoms with van der Waals surface area (Å²) in [6.07, 6.45) is 1.51. The van der Waals surface area contributed by atoms with Crippen LogP contribution in [0.3, 0.4) is 0 Å². The van der Waals surface area contributed by atoms with Crippen LogP contribution >= 0.6 is 11.8 Å². The normalized spacial score (nSPS) is 66.0. The highest BCUT2D eigenvalue weighted by molar-refractivity contribution is 8.00. The van der Waals surface area contributed by atoms with Gasteiger partial charge in [-0.3, -0.25) is 5.32 Å². The molecule has 2 heterocycles. The highest BCUT2D eigenvalue weighted by Crippen LogP contribution is 2.57. The quantitative estimate of drug-likeness (QED) is 0.557. The van der Waals surface area contributed by atoms with Gasteiger partial charge in [0.15, 0.2) is 0 Å². The van der Waals surface area contributed by atoms with Crippen LogP contribution in [-0.4, -0.2) is 16.7 Å². The lowest BCUT2D eigenvalue weighted by atomic mass is 10.0. The minimum atomic E-state index is 0.827. The maximum Gasteiger partial charge on any atom is 0.0696 e. The van der Waals surface area contributed by atoms with E-state index >= 15 is 0 Å². The van der Waals surface area contributed by atoms with Gasteiger partial charge in [-0.15, -0.1) is 11.8 Å². The largest absolute Gasteiger partial charge is 0.299 e. The summed E-state index contributed by atoms with van der Waals surface area (Å²) in [4.78, 5) is 0. The van der Waals surface area contributed by atoms with E-state index in [-0.39, 0.29) is 0 Å². The number of thioether (sulfide) groups is 1. The first-order valence-electron chi connectivity index (χ1n) is 4.69. The van der Waals surface area contributed by atoms with E-state index in [1.807, 2.05) is 0 Å². The Balaban J connectivity index is 1.83. The van der Waals surface area contributed by atoms with Crippen LogP contribution in [0.5, 0.6) is 0 Å². The first-order chi connectivity index (χ1) is 5.27. The zero-order chi connectivity index (χ0) is 7.59. The minimum Gasteiger partial charge on any atom is -0.299 e. The predicted octanol–water partition coefficient (Wildman–Crippen LogP) is 1.69. The molecule has 0 bridgehead atoms. The van der Waals surface area contributed by atoms with Crippen molar-refractivity contribution in [2.24, 2.45) is 17.8 Å². The van der Waals surface area contributed by atoms with Crippen LogP contribution in [0.4, 0.5) is 0 Å². The molecule has 1 aliphatic carbocycles. The van der Waals surface area contributed by atoms with Crippen molar-refractivity contribution in [3.63, 3.8) is 0 Å². The van der Waals surface area contributed by atoms with Crippen molar-refractivity contribution in [1.82, 2.24) is 5.32 Å². The van der Waals surface area contributed by atoms with Crippen molar-refractivity contribution in [2.45, 2.75) is 36.9 Å². The van der Waals surface area contributed by atoms with Crippen molar-refractivity contribution in [1.29, 1.82) is 0 Å². The molecule has 6 unspecified atom stereocenters. The lowest BCUT2D eigenvalue weighted by molar-refractivity contribution is 0.467. The maximum atomic E-state index is 3.57. The number of hydrogen-bond acceptors (Lipinski definition) is 2. The second-order valence-electron chi connectivity index (χ2n) is 4.38. The summed E-state index contributed by atoms with van der Waals surface area (Å²) in [7, 11) is 0. The van der Waals surface area contributed by atoms with E-state index in [1.54, 1.807) is 0 Å². The van der Waals surface area contributed by atoms with Crippen LogP contribution in [0.25, 0.3) is 0 Å². The van der Waals surface area contributed by atoms with E-state index in [0.29, 0.717) is 0 Å². The first-order valence-corrected chi connectivity index (χ1v) is 5.63. The molecule has 0 aromatic heterocycles. The molecule has 2 aliphatic heterocycles.